The van der Waals surface area contributed by atoms with Gasteiger partial charge in [-0.1, -0.05) is 59.3 Å². The molecule has 1 rings (SSSR count). The molecule has 0 heterocycles. The van der Waals surface area contributed by atoms with Crippen LogP contribution < -0.4 is 15.8 Å². The largest absolute Gasteiger partial charge is 0.479 e. The van der Waals surface area contributed by atoms with Crippen LogP contribution in [0, 0.1) is 11.8 Å². The molecule has 164 valence electrons. The molecule has 1 aliphatic rings. The first-order valence-electron chi connectivity index (χ1n) is 10.3. The van der Waals surface area contributed by atoms with Crippen LogP contribution in [0.15, 0.2) is 0 Å². The Morgan fingerprint density at radius 1 is 1.21 bits per heavy atom. The van der Waals surface area contributed by atoms with Crippen molar-refractivity contribution in [2.24, 2.45) is 17.6 Å². The number of hydrogen-bond acceptors (Lipinski definition) is 5. The summed E-state index contributed by atoms with van der Waals surface area (Å²) < 4.78 is 28.3. The molecule has 0 radical (unpaired) electrons. The summed E-state index contributed by atoms with van der Waals surface area (Å²) in [6, 6.07) is 0. The van der Waals surface area contributed by atoms with Gasteiger partial charge < -0.3 is 16.2 Å². The highest BCUT2D eigenvalue weighted by atomic mass is 32.2. The smallest absolute Gasteiger partial charge is 0.339 e. The van der Waals surface area contributed by atoms with Crippen LogP contribution in [0.3, 0.4) is 0 Å². The third-order valence-corrected chi connectivity index (χ3v) is 7.06. The molecule has 9 heteroatoms. The highest BCUT2D eigenvalue weighted by molar-refractivity contribution is 7.91. The lowest BCUT2D eigenvalue weighted by atomic mass is 9.86. The topological polar surface area (TPSA) is 139 Å². The van der Waals surface area contributed by atoms with Crippen LogP contribution in [-0.2, 0) is 19.6 Å². The fourth-order valence-electron chi connectivity index (χ4n) is 3.50. The van der Waals surface area contributed by atoms with E-state index in [0.717, 1.165) is 32.1 Å². The summed E-state index contributed by atoms with van der Waals surface area (Å²) in [5.74, 6) is -1.72. The number of carbonyl (C=O) groups excluding carboxylic acids is 1. The van der Waals surface area contributed by atoms with Crippen molar-refractivity contribution in [1.29, 1.82) is 0 Å². The molecule has 0 aromatic carbocycles. The van der Waals surface area contributed by atoms with Gasteiger partial charge in [-0.2, -0.15) is 4.72 Å². The van der Waals surface area contributed by atoms with Crippen molar-refractivity contribution in [3.63, 3.8) is 0 Å². The van der Waals surface area contributed by atoms with Crippen LogP contribution in [0.2, 0.25) is 0 Å². The summed E-state index contributed by atoms with van der Waals surface area (Å²) in [4.78, 5) is 24.4. The molecule has 1 aliphatic carbocycles. The summed E-state index contributed by atoms with van der Waals surface area (Å²) in [7, 11) is -4.27. The third kappa shape index (κ3) is 7.67. The molecule has 0 spiro atoms. The van der Waals surface area contributed by atoms with Gasteiger partial charge in [0.1, 0.15) is 0 Å². The zero-order chi connectivity index (χ0) is 21.4. The maximum atomic E-state index is 13.1. The monoisotopic (exact) mass is 419 g/mol. The fraction of sp³-hybridized carbons (Fsp3) is 0.895. The lowest BCUT2D eigenvalue weighted by molar-refractivity contribution is -0.144. The molecule has 2 atom stereocenters. The minimum absolute atomic E-state index is 0.0399. The maximum absolute atomic E-state index is 13.1. The normalized spacial score (nSPS) is 19.2. The average Bonchev–Trinajstić information content (AvgIpc) is 2.62. The van der Waals surface area contributed by atoms with Crippen LogP contribution in [0.5, 0.6) is 0 Å². The number of carboxylic acid groups (broad SMARTS) is 1. The number of sulfonamides is 1. The summed E-state index contributed by atoms with van der Waals surface area (Å²) >= 11 is 0. The molecule has 0 aromatic heterocycles. The quantitative estimate of drug-likeness (QED) is 0.357. The molecule has 5 N–H and O–H groups in total. The molecular formula is C19H37N3O5S. The number of hydrogen-bond donors (Lipinski definition) is 4. The SMILES string of the molecule is CCCCC(N)(NS(=O)(=O)[C@@H](CC1CCCCC1)C(=O)NCC(C)C)C(=O)O. The maximum Gasteiger partial charge on any atom is 0.339 e. The second kappa shape index (κ2) is 11.1. The minimum Gasteiger partial charge on any atom is -0.479 e. The van der Waals surface area contributed by atoms with E-state index in [2.05, 4.69) is 10.0 Å². The van der Waals surface area contributed by atoms with Gasteiger partial charge in [0.05, 0.1) is 0 Å². The Morgan fingerprint density at radius 3 is 2.32 bits per heavy atom. The lowest BCUT2D eigenvalue weighted by Gasteiger charge is -2.30. The minimum atomic E-state index is -4.27. The molecule has 8 nitrogen and oxygen atoms in total. The molecule has 1 unspecified atom stereocenters. The lowest BCUT2D eigenvalue weighted by Crippen LogP contribution is -2.64. The Hall–Kier alpha value is -1.19. The molecule has 0 saturated heterocycles. The van der Waals surface area contributed by atoms with Gasteiger partial charge in [-0.25, -0.2) is 13.2 Å². The predicted molar refractivity (Wildman–Crippen MR) is 109 cm³/mol. The average molecular weight is 420 g/mol. The summed E-state index contributed by atoms with van der Waals surface area (Å²) in [5, 5.41) is 10.8. The zero-order valence-electron chi connectivity index (χ0n) is 17.4. The van der Waals surface area contributed by atoms with E-state index in [0.29, 0.717) is 19.4 Å². The van der Waals surface area contributed by atoms with Crippen LogP contribution >= 0.6 is 0 Å². The van der Waals surface area contributed by atoms with E-state index < -0.39 is 32.8 Å². The molecule has 28 heavy (non-hydrogen) atoms. The number of aliphatic carboxylic acids is 1. The number of carbonyl (C=O) groups is 2. The number of amides is 1. The molecule has 1 saturated carbocycles. The van der Waals surface area contributed by atoms with Crippen LogP contribution in [0.25, 0.3) is 0 Å². The summed E-state index contributed by atoms with van der Waals surface area (Å²) in [5.41, 5.74) is 3.77. The van der Waals surface area contributed by atoms with Crippen molar-refractivity contribution in [2.75, 3.05) is 6.54 Å². The first-order chi connectivity index (χ1) is 13.0. The number of unbranched alkanes of at least 4 members (excludes halogenated alkanes) is 1. The third-order valence-electron chi connectivity index (χ3n) is 5.25. The standard InChI is InChI=1S/C19H37N3O5S/c1-4-5-11-19(20,18(24)25)22-28(26,27)16(17(23)21-13-14(2)3)12-15-9-7-6-8-10-15/h14-16,22H,4-13,20H2,1-3H3,(H,21,23)(H,24,25)/t16-,19?/m0/s1. The van der Waals surface area contributed by atoms with Gasteiger partial charge in [0.25, 0.3) is 0 Å². The Bertz CT molecular complexity index is 617. The number of nitrogens with one attached hydrogen (secondary N) is 2. The van der Waals surface area contributed by atoms with Gasteiger partial charge in [-0.3, -0.25) is 4.79 Å². The van der Waals surface area contributed by atoms with Gasteiger partial charge >= 0.3 is 5.97 Å². The van der Waals surface area contributed by atoms with E-state index >= 15 is 0 Å². The first-order valence-corrected chi connectivity index (χ1v) is 11.9. The van der Waals surface area contributed by atoms with Crippen LogP contribution in [0.4, 0.5) is 0 Å². The number of rotatable bonds is 12. The Balaban J connectivity index is 3.05. The molecule has 0 aromatic rings. The highest BCUT2D eigenvalue weighted by Gasteiger charge is 2.43. The molecule has 1 amide bonds. The van der Waals surface area contributed by atoms with Gasteiger partial charge in [0, 0.05) is 6.54 Å². The van der Waals surface area contributed by atoms with E-state index in [1.165, 1.54) is 0 Å². The van der Waals surface area contributed by atoms with Gasteiger partial charge in [-0.05, 0) is 31.1 Å². The summed E-state index contributed by atoms with van der Waals surface area (Å²) in [6.07, 6.45) is 6.19. The van der Waals surface area contributed by atoms with Crippen LogP contribution in [0.1, 0.15) is 78.6 Å². The Labute approximate surface area is 169 Å². The predicted octanol–water partition coefficient (Wildman–Crippen LogP) is 1.95. The molecular weight excluding hydrogens is 382 g/mol. The fourth-order valence-corrected chi connectivity index (χ4v) is 5.23. The zero-order valence-corrected chi connectivity index (χ0v) is 18.2. The van der Waals surface area contributed by atoms with Crippen LogP contribution in [-0.4, -0.2) is 42.9 Å². The Morgan fingerprint density at radius 2 is 1.82 bits per heavy atom. The van der Waals surface area contributed by atoms with Crippen molar-refractivity contribution in [3.05, 3.63) is 0 Å². The highest BCUT2D eigenvalue weighted by Crippen LogP contribution is 2.29. The molecule has 0 bridgehead atoms. The van der Waals surface area contributed by atoms with Crippen molar-refractivity contribution >= 4 is 21.9 Å². The van der Waals surface area contributed by atoms with E-state index in [1.807, 2.05) is 20.8 Å². The van der Waals surface area contributed by atoms with Crippen molar-refractivity contribution in [2.45, 2.75) is 89.5 Å². The van der Waals surface area contributed by atoms with Gasteiger partial charge in [0.2, 0.25) is 15.9 Å². The van der Waals surface area contributed by atoms with E-state index in [-0.39, 0.29) is 24.7 Å². The first kappa shape index (κ1) is 24.8. The van der Waals surface area contributed by atoms with Gasteiger partial charge in [-0.15, -0.1) is 0 Å². The van der Waals surface area contributed by atoms with Crippen molar-refractivity contribution < 1.29 is 23.1 Å². The van der Waals surface area contributed by atoms with E-state index in [4.69, 9.17) is 5.73 Å². The number of carboxylic acids is 1. The second-order valence-electron chi connectivity index (χ2n) is 8.39. The molecule has 0 aliphatic heterocycles. The van der Waals surface area contributed by atoms with Crippen molar-refractivity contribution in [1.82, 2.24) is 10.0 Å². The van der Waals surface area contributed by atoms with E-state index in [1.54, 1.807) is 0 Å². The summed E-state index contributed by atoms with van der Waals surface area (Å²) in [6.45, 7) is 6.06. The van der Waals surface area contributed by atoms with Gasteiger partial charge in [0.15, 0.2) is 10.9 Å². The second-order valence-corrected chi connectivity index (χ2v) is 10.3. The van der Waals surface area contributed by atoms with Crippen molar-refractivity contribution in [3.8, 4) is 0 Å². The Kier molecular flexibility index (Phi) is 9.86. The number of nitrogens with two attached hydrogens (primary N) is 1. The van der Waals surface area contributed by atoms with E-state index in [9.17, 15) is 23.1 Å². The molecule has 1 fully saturated rings.